The van der Waals surface area contributed by atoms with Crippen LogP contribution in [0.1, 0.15) is 38.3 Å². The van der Waals surface area contributed by atoms with Crippen LogP contribution in [0.25, 0.3) is 0 Å². The molecule has 0 spiro atoms. The van der Waals surface area contributed by atoms with Crippen LogP contribution in [0.5, 0.6) is 0 Å². The Morgan fingerprint density at radius 1 is 1.47 bits per heavy atom. The number of halogens is 1. The lowest BCUT2D eigenvalue weighted by molar-refractivity contribution is -0.121. The summed E-state index contributed by atoms with van der Waals surface area (Å²) in [4.78, 5) is 11.3. The summed E-state index contributed by atoms with van der Waals surface area (Å²) in [6, 6.07) is 6.22. The first-order valence-corrected chi connectivity index (χ1v) is 5.19. The first-order chi connectivity index (χ1) is 7.15. The summed E-state index contributed by atoms with van der Waals surface area (Å²) < 4.78 is 13.3. The van der Waals surface area contributed by atoms with Crippen molar-refractivity contribution >= 4 is 5.91 Å². The number of hydrogen-bond donors (Lipinski definition) is 1. The molecule has 0 aliphatic rings. The van der Waals surface area contributed by atoms with Crippen LogP contribution in [0.3, 0.4) is 0 Å². The molecular formula is C12H16FNO. The largest absolute Gasteiger partial charge is 0.349 e. The Labute approximate surface area is 89.5 Å². The highest BCUT2D eigenvalue weighted by atomic mass is 19.1. The van der Waals surface area contributed by atoms with Gasteiger partial charge in [-0.15, -0.1) is 0 Å². The second kappa shape index (κ2) is 5.49. The maximum atomic E-state index is 13.3. The molecule has 0 aromatic heterocycles. The fourth-order valence-electron chi connectivity index (χ4n) is 1.44. The number of benzene rings is 1. The van der Waals surface area contributed by atoms with Gasteiger partial charge >= 0.3 is 0 Å². The average molecular weight is 209 g/mol. The van der Waals surface area contributed by atoms with Crippen molar-refractivity contribution in [1.82, 2.24) is 5.32 Å². The molecule has 0 fully saturated rings. The molecule has 0 aliphatic carbocycles. The third-order valence-electron chi connectivity index (χ3n) is 2.23. The number of nitrogens with one attached hydrogen (secondary N) is 1. The topological polar surface area (TPSA) is 29.1 Å². The van der Waals surface area contributed by atoms with Gasteiger partial charge in [0.15, 0.2) is 0 Å². The maximum Gasteiger partial charge on any atom is 0.220 e. The van der Waals surface area contributed by atoms with Gasteiger partial charge in [-0.05, 0) is 19.4 Å². The van der Waals surface area contributed by atoms with E-state index in [-0.39, 0.29) is 17.8 Å². The summed E-state index contributed by atoms with van der Waals surface area (Å²) >= 11 is 0. The summed E-state index contributed by atoms with van der Waals surface area (Å²) in [7, 11) is 0. The highest BCUT2D eigenvalue weighted by Crippen LogP contribution is 2.15. The molecule has 1 atom stereocenters. The minimum Gasteiger partial charge on any atom is -0.349 e. The van der Waals surface area contributed by atoms with E-state index in [0.717, 1.165) is 6.42 Å². The SMILES string of the molecule is CCCC(=O)NC(C)c1ccccc1F. The Kier molecular flexibility index (Phi) is 4.28. The van der Waals surface area contributed by atoms with E-state index in [0.29, 0.717) is 12.0 Å². The average Bonchev–Trinajstić information content (AvgIpc) is 2.18. The van der Waals surface area contributed by atoms with Gasteiger partial charge in [-0.2, -0.15) is 0 Å². The zero-order chi connectivity index (χ0) is 11.3. The minimum atomic E-state index is -0.276. The first-order valence-electron chi connectivity index (χ1n) is 5.19. The number of carbonyl (C=O) groups excluding carboxylic acids is 1. The van der Waals surface area contributed by atoms with E-state index in [1.807, 2.05) is 6.92 Å². The van der Waals surface area contributed by atoms with Crippen LogP contribution in [0.4, 0.5) is 4.39 Å². The van der Waals surface area contributed by atoms with Crippen LogP contribution in [0.15, 0.2) is 24.3 Å². The van der Waals surface area contributed by atoms with Crippen molar-refractivity contribution in [3.63, 3.8) is 0 Å². The molecule has 1 aromatic carbocycles. The van der Waals surface area contributed by atoms with Gasteiger partial charge in [-0.3, -0.25) is 4.79 Å². The molecule has 1 rings (SSSR count). The van der Waals surface area contributed by atoms with Crippen molar-refractivity contribution < 1.29 is 9.18 Å². The van der Waals surface area contributed by atoms with Crippen LogP contribution < -0.4 is 5.32 Å². The first kappa shape index (κ1) is 11.7. The Bertz CT molecular complexity index is 338. The lowest BCUT2D eigenvalue weighted by atomic mass is 10.1. The number of rotatable bonds is 4. The monoisotopic (exact) mass is 209 g/mol. The van der Waals surface area contributed by atoms with Crippen LogP contribution in [-0.2, 0) is 4.79 Å². The van der Waals surface area contributed by atoms with E-state index in [4.69, 9.17) is 0 Å². The van der Waals surface area contributed by atoms with Crippen molar-refractivity contribution in [3.05, 3.63) is 35.6 Å². The molecule has 2 nitrogen and oxygen atoms in total. The molecule has 1 N–H and O–H groups in total. The second-order valence-electron chi connectivity index (χ2n) is 3.56. The Balaban J connectivity index is 2.65. The zero-order valence-corrected chi connectivity index (χ0v) is 9.09. The van der Waals surface area contributed by atoms with E-state index >= 15 is 0 Å². The Morgan fingerprint density at radius 3 is 2.73 bits per heavy atom. The van der Waals surface area contributed by atoms with Crippen LogP contribution in [0, 0.1) is 5.82 Å². The summed E-state index contributed by atoms with van der Waals surface area (Å²) in [5, 5.41) is 2.76. The predicted octanol–water partition coefficient (Wildman–Crippen LogP) is 2.80. The van der Waals surface area contributed by atoms with Gasteiger partial charge in [0.05, 0.1) is 6.04 Å². The molecule has 1 unspecified atom stereocenters. The number of hydrogen-bond acceptors (Lipinski definition) is 1. The molecule has 0 saturated heterocycles. The Hall–Kier alpha value is -1.38. The highest BCUT2D eigenvalue weighted by molar-refractivity contribution is 5.76. The van der Waals surface area contributed by atoms with Gasteiger partial charge in [-0.25, -0.2) is 4.39 Å². The quantitative estimate of drug-likeness (QED) is 0.811. The number of carbonyl (C=O) groups is 1. The second-order valence-corrected chi connectivity index (χ2v) is 3.56. The van der Waals surface area contributed by atoms with Gasteiger partial charge in [0.25, 0.3) is 0 Å². The van der Waals surface area contributed by atoms with Gasteiger partial charge in [0.2, 0.25) is 5.91 Å². The third-order valence-corrected chi connectivity index (χ3v) is 2.23. The molecular weight excluding hydrogens is 193 g/mol. The van der Waals surface area contributed by atoms with E-state index in [1.54, 1.807) is 25.1 Å². The van der Waals surface area contributed by atoms with Crippen molar-refractivity contribution in [2.75, 3.05) is 0 Å². The van der Waals surface area contributed by atoms with E-state index in [2.05, 4.69) is 5.32 Å². The van der Waals surface area contributed by atoms with Gasteiger partial charge in [0.1, 0.15) is 5.82 Å². The molecule has 1 amide bonds. The third kappa shape index (κ3) is 3.35. The molecule has 0 aliphatic heterocycles. The van der Waals surface area contributed by atoms with Crippen LogP contribution >= 0.6 is 0 Å². The molecule has 0 saturated carbocycles. The normalized spacial score (nSPS) is 12.2. The van der Waals surface area contributed by atoms with Crippen LogP contribution in [0.2, 0.25) is 0 Å². The summed E-state index contributed by atoms with van der Waals surface area (Å²) in [5.41, 5.74) is 0.530. The molecule has 0 bridgehead atoms. The standard InChI is InChI=1S/C12H16FNO/c1-3-6-12(15)14-9(2)10-7-4-5-8-11(10)13/h4-5,7-9H,3,6H2,1-2H3,(H,14,15). The molecule has 3 heteroatoms. The number of amides is 1. The molecule has 1 aromatic rings. The molecule has 82 valence electrons. The summed E-state index contributed by atoms with van der Waals surface area (Å²) in [6.07, 6.45) is 1.29. The van der Waals surface area contributed by atoms with Crippen molar-refractivity contribution in [2.45, 2.75) is 32.7 Å². The maximum absolute atomic E-state index is 13.3. The lowest BCUT2D eigenvalue weighted by Crippen LogP contribution is -2.26. The predicted molar refractivity (Wildman–Crippen MR) is 57.9 cm³/mol. The lowest BCUT2D eigenvalue weighted by Gasteiger charge is -2.14. The fraction of sp³-hybridized carbons (Fsp3) is 0.417. The van der Waals surface area contributed by atoms with E-state index in [1.165, 1.54) is 6.07 Å². The van der Waals surface area contributed by atoms with Crippen molar-refractivity contribution in [2.24, 2.45) is 0 Å². The van der Waals surface area contributed by atoms with Gasteiger partial charge in [0, 0.05) is 12.0 Å². The summed E-state index contributed by atoms with van der Waals surface area (Å²) in [6.45, 7) is 3.72. The zero-order valence-electron chi connectivity index (χ0n) is 9.09. The van der Waals surface area contributed by atoms with Crippen molar-refractivity contribution in [1.29, 1.82) is 0 Å². The van der Waals surface area contributed by atoms with Crippen LogP contribution in [-0.4, -0.2) is 5.91 Å². The van der Waals surface area contributed by atoms with Gasteiger partial charge < -0.3 is 5.32 Å². The Morgan fingerprint density at radius 2 is 2.13 bits per heavy atom. The van der Waals surface area contributed by atoms with E-state index < -0.39 is 0 Å². The minimum absolute atomic E-state index is 0.0340. The van der Waals surface area contributed by atoms with Crippen molar-refractivity contribution in [3.8, 4) is 0 Å². The van der Waals surface area contributed by atoms with Gasteiger partial charge in [-0.1, -0.05) is 25.1 Å². The van der Waals surface area contributed by atoms with E-state index in [9.17, 15) is 9.18 Å². The smallest absolute Gasteiger partial charge is 0.220 e. The highest BCUT2D eigenvalue weighted by Gasteiger charge is 2.11. The fourth-order valence-corrected chi connectivity index (χ4v) is 1.44. The molecule has 15 heavy (non-hydrogen) atoms. The summed E-state index contributed by atoms with van der Waals surface area (Å²) in [5.74, 6) is -0.310. The molecule has 0 heterocycles. The molecule has 0 radical (unpaired) electrons.